The van der Waals surface area contributed by atoms with E-state index in [4.69, 9.17) is 9.47 Å². The van der Waals surface area contributed by atoms with Crippen molar-refractivity contribution in [2.75, 3.05) is 21.3 Å². The number of benzene rings is 1. The summed E-state index contributed by atoms with van der Waals surface area (Å²) in [6.45, 7) is 2.08. The van der Waals surface area contributed by atoms with Crippen LogP contribution in [-0.4, -0.2) is 32.2 Å². The van der Waals surface area contributed by atoms with Crippen molar-refractivity contribution in [2.45, 2.75) is 6.92 Å². The van der Waals surface area contributed by atoms with Gasteiger partial charge < -0.3 is 9.47 Å². The van der Waals surface area contributed by atoms with Crippen LogP contribution in [0.2, 0.25) is 0 Å². The Balaban J connectivity index is 2.09. The second kappa shape index (κ2) is 7.67. The molecule has 0 aliphatic rings. The summed E-state index contributed by atoms with van der Waals surface area (Å²) in [7, 11) is 5.06. The van der Waals surface area contributed by atoms with Crippen molar-refractivity contribution in [1.82, 2.24) is 4.68 Å². The first kappa shape index (κ1) is 17.4. The molecule has 0 radical (unpaired) electrons. The molecule has 0 amide bonds. The number of thiazole rings is 1. The van der Waals surface area contributed by atoms with Crippen LogP contribution in [0.4, 0.5) is 0 Å². The van der Waals surface area contributed by atoms with Gasteiger partial charge in [-0.15, -0.1) is 22.7 Å². The summed E-state index contributed by atoms with van der Waals surface area (Å²) in [5, 5.41) is 6.68. The fourth-order valence-corrected chi connectivity index (χ4v) is 3.93. The molecular weight excluding hydrogens is 354 g/mol. The summed E-state index contributed by atoms with van der Waals surface area (Å²) in [6, 6.07) is 9.90. The first-order chi connectivity index (χ1) is 12.2. The molecule has 5 nitrogen and oxygen atoms in total. The number of aromatic nitrogens is 1. The lowest BCUT2D eigenvalue weighted by Gasteiger charge is -2.10. The highest BCUT2D eigenvalue weighted by Crippen LogP contribution is 2.33. The maximum absolute atomic E-state index is 5.54. The van der Waals surface area contributed by atoms with Crippen molar-refractivity contribution in [3.63, 3.8) is 0 Å². The van der Waals surface area contributed by atoms with E-state index in [0.29, 0.717) is 0 Å². The van der Waals surface area contributed by atoms with Gasteiger partial charge in [0.05, 0.1) is 26.1 Å². The van der Waals surface area contributed by atoms with E-state index in [9.17, 15) is 0 Å². The molecule has 3 aromatic rings. The van der Waals surface area contributed by atoms with E-state index >= 15 is 0 Å². The molecule has 0 spiro atoms. The summed E-state index contributed by atoms with van der Waals surface area (Å²) in [6.07, 6.45) is 1.86. The van der Waals surface area contributed by atoms with Crippen molar-refractivity contribution in [2.24, 2.45) is 10.1 Å². The predicted molar refractivity (Wildman–Crippen MR) is 104 cm³/mol. The predicted octanol–water partition coefficient (Wildman–Crippen LogP) is 4.02. The van der Waals surface area contributed by atoms with Crippen LogP contribution in [0, 0.1) is 6.92 Å². The molecule has 25 heavy (non-hydrogen) atoms. The van der Waals surface area contributed by atoms with Gasteiger partial charge in [0.25, 0.3) is 0 Å². The van der Waals surface area contributed by atoms with Gasteiger partial charge in [-0.25, -0.2) is 4.68 Å². The largest absolute Gasteiger partial charge is 0.497 e. The molecular formula is C18H19N3O2S2. The van der Waals surface area contributed by atoms with E-state index in [0.717, 1.165) is 32.4 Å². The molecule has 130 valence electrons. The third kappa shape index (κ3) is 3.67. The molecule has 7 heteroatoms. The Labute approximate surface area is 154 Å². The highest BCUT2D eigenvalue weighted by atomic mass is 32.1. The normalized spacial score (nSPS) is 12.1. The third-order valence-corrected chi connectivity index (χ3v) is 5.47. The highest BCUT2D eigenvalue weighted by Gasteiger charge is 2.13. The van der Waals surface area contributed by atoms with E-state index in [1.54, 1.807) is 32.6 Å². The van der Waals surface area contributed by atoms with Crippen molar-refractivity contribution >= 4 is 28.9 Å². The highest BCUT2D eigenvalue weighted by molar-refractivity contribution is 7.13. The maximum atomic E-state index is 5.54. The van der Waals surface area contributed by atoms with Crippen LogP contribution >= 0.6 is 22.7 Å². The lowest BCUT2D eigenvalue weighted by atomic mass is 10.1. The van der Waals surface area contributed by atoms with Gasteiger partial charge in [-0.2, -0.15) is 5.10 Å². The molecule has 2 aromatic heterocycles. The van der Waals surface area contributed by atoms with Gasteiger partial charge in [-0.3, -0.25) is 4.99 Å². The third-order valence-electron chi connectivity index (χ3n) is 3.62. The van der Waals surface area contributed by atoms with Crippen LogP contribution in [0.5, 0.6) is 11.5 Å². The Hall–Kier alpha value is -2.38. The van der Waals surface area contributed by atoms with Gasteiger partial charge in [-0.1, -0.05) is 0 Å². The van der Waals surface area contributed by atoms with Crippen LogP contribution < -0.4 is 14.3 Å². The monoisotopic (exact) mass is 373 g/mol. The molecule has 0 N–H and O–H groups in total. The number of rotatable bonds is 5. The fraction of sp³-hybridized carbons (Fsp3) is 0.222. The van der Waals surface area contributed by atoms with Gasteiger partial charge in [0.15, 0.2) is 0 Å². The van der Waals surface area contributed by atoms with E-state index in [1.807, 2.05) is 34.5 Å². The summed E-state index contributed by atoms with van der Waals surface area (Å²) < 4.78 is 12.7. The maximum Gasteiger partial charge on any atom is 0.205 e. The quantitative estimate of drug-likeness (QED) is 0.634. The van der Waals surface area contributed by atoms with Gasteiger partial charge in [0, 0.05) is 33.8 Å². The molecule has 0 aliphatic carbocycles. The van der Waals surface area contributed by atoms with Crippen molar-refractivity contribution in [1.29, 1.82) is 0 Å². The smallest absolute Gasteiger partial charge is 0.205 e. The zero-order valence-corrected chi connectivity index (χ0v) is 16.1. The molecule has 0 unspecified atom stereocenters. The van der Waals surface area contributed by atoms with Crippen LogP contribution in [0.1, 0.15) is 9.75 Å². The minimum Gasteiger partial charge on any atom is -0.497 e. The van der Waals surface area contributed by atoms with Crippen molar-refractivity contribution in [3.8, 4) is 22.8 Å². The van der Waals surface area contributed by atoms with Crippen LogP contribution in [0.25, 0.3) is 11.3 Å². The molecule has 0 fully saturated rings. The van der Waals surface area contributed by atoms with Gasteiger partial charge in [0.1, 0.15) is 11.5 Å². The number of ether oxygens (including phenoxy) is 2. The Morgan fingerprint density at radius 2 is 1.96 bits per heavy atom. The van der Waals surface area contributed by atoms with Gasteiger partial charge in [0.2, 0.25) is 4.80 Å². The van der Waals surface area contributed by atoms with Crippen LogP contribution in [0.15, 0.2) is 45.8 Å². The molecule has 0 aliphatic heterocycles. The lowest BCUT2D eigenvalue weighted by Crippen LogP contribution is -2.11. The average Bonchev–Trinajstić information content (AvgIpc) is 3.24. The number of hydrogen-bond donors (Lipinski definition) is 0. The minimum absolute atomic E-state index is 0.732. The second-order valence-electron chi connectivity index (χ2n) is 5.20. The summed E-state index contributed by atoms with van der Waals surface area (Å²) in [5.74, 6) is 1.48. The van der Waals surface area contributed by atoms with Crippen LogP contribution in [-0.2, 0) is 0 Å². The van der Waals surface area contributed by atoms with Crippen LogP contribution in [0.3, 0.4) is 0 Å². The lowest BCUT2D eigenvalue weighted by molar-refractivity contribution is 0.395. The summed E-state index contributed by atoms with van der Waals surface area (Å²) in [5.41, 5.74) is 1.86. The number of methoxy groups -OCH3 is 2. The van der Waals surface area contributed by atoms with E-state index in [1.165, 1.54) is 16.2 Å². The Morgan fingerprint density at radius 3 is 2.60 bits per heavy atom. The van der Waals surface area contributed by atoms with Gasteiger partial charge in [-0.05, 0) is 31.2 Å². The van der Waals surface area contributed by atoms with Crippen molar-refractivity contribution in [3.05, 3.63) is 50.3 Å². The number of aryl methyl sites for hydroxylation is 1. The summed E-state index contributed by atoms with van der Waals surface area (Å²) >= 11 is 3.25. The van der Waals surface area contributed by atoms with E-state index < -0.39 is 0 Å². The molecule has 1 aromatic carbocycles. The SMILES string of the molecule is CN=c1scc(-c2ccc(OC)cc2OC)n1N=Cc1ccc(C)s1. The topological polar surface area (TPSA) is 48.1 Å². The zero-order chi connectivity index (χ0) is 17.8. The average molecular weight is 374 g/mol. The number of thiophene rings is 1. The number of nitrogens with zero attached hydrogens (tertiary/aromatic N) is 3. The van der Waals surface area contributed by atoms with Gasteiger partial charge >= 0.3 is 0 Å². The summed E-state index contributed by atoms with van der Waals surface area (Å²) in [4.78, 5) is 7.51. The van der Waals surface area contributed by atoms with E-state index in [2.05, 4.69) is 29.2 Å². The van der Waals surface area contributed by atoms with E-state index in [-0.39, 0.29) is 0 Å². The molecule has 0 bridgehead atoms. The molecule has 3 rings (SSSR count). The standard InChI is InChI=1S/C18H19N3O2S2/c1-12-5-7-14(25-12)10-20-21-16(11-24-18(21)19-2)15-8-6-13(22-3)9-17(15)23-4/h5-11H,1-4H3. The molecule has 0 saturated heterocycles. The first-order valence-corrected chi connectivity index (χ1v) is 9.32. The first-order valence-electron chi connectivity index (χ1n) is 7.63. The fourth-order valence-electron chi connectivity index (χ4n) is 2.40. The molecule has 0 atom stereocenters. The Kier molecular flexibility index (Phi) is 5.35. The zero-order valence-electron chi connectivity index (χ0n) is 14.5. The number of hydrogen-bond acceptors (Lipinski definition) is 6. The minimum atomic E-state index is 0.732. The Morgan fingerprint density at radius 1 is 1.12 bits per heavy atom. The second-order valence-corrected chi connectivity index (χ2v) is 7.35. The van der Waals surface area contributed by atoms with Crippen molar-refractivity contribution < 1.29 is 9.47 Å². The molecule has 0 saturated carbocycles. The molecule has 2 heterocycles. The Bertz CT molecular complexity index is 967.